The summed E-state index contributed by atoms with van der Waals surface area (Å²) in [6.07, 6.45) is 5.33. The molecule has 1 aromatic carbocycles. The standard InChI is InChI=1S/C21H21N3O3/c1-3-16-12-24-11-15(19(27-4-2)10-20(24)22-16)8-18(25)14-6-5-13-9-21(26)23-17(13)7-14/h5-7,10-12H,3-4,8-9H2,1-2H3,(H,23,26). The second-order valence-electron chi connectivity index (χ2n) is 6.64. The summed E-state index contributed by atoms with van der Waals surface area (Å²) in [7, 11) is 0. The Morgan fingerprint density at radius 2 is 2.11 bits per heavy atom. The first-order valence-electron chi connectivity index (χ1n) is 9.16. The van der Waals surface area contributed by atoms with Crippen molar-refractivity contribution in [3.63, 3.8) is 0 Å². The number of benzene rings is 1. The van der Waals surface area contributed by atoms with E-state index in [4.69, 9.17) is 4.74 Å². The molecular weight excluding hydrogens is 342 g/mol. The number of pyridine rings is 1. The van der Waals surface area contributed by atoms with Crippen LogP contribution in [0.4, 0.5) is 5.69 Å². The van der Waals surface area contributed by atoms with Gasteiger partial charge in [0.1, 0.15) is 11.4 Å². The van der Waals surface area contributed by atoms with Crippen molar-refractivity contribution in [3.05, 3.63) is 59.0 Å². The van der Waals surface area contributed by atoms with E-state index >= 15 is 0 Å². The highest BCUT2D eigenvalue weighted by Gasteiger charge is 2.20. The molecule has 3 aromatic rings. The fourth-order valence-electron chi connectivity index (χ4n) is 3.37. The van der Waals surface area contributed by atoms with Crippen LogP contribution in [0.2, 0.25) is 0 Å². The maximum absolute atomic E-state index is 12.9. The molecule has 0 saturated heterocycles. The Morgan fingerprint density at radius 3 is 2.89 bits per heavy atom. The summed E-state index contributed by atoms with van der Waals surface area (Å²) in [5, 5.41) is 2.79. The third kappa shape index (κ3) is 3.30. The van der Waals surface area contributed by atoms with Crippen LogP contribution in [0.25, 0.3) is 5.65 Å². The number of aromatic nitrogens is 2. The predicted molar refractivity (Wildman–Crippen MR) is 103 cm³/mol. The SMILES string of the molecule is CCOc1cc2nc(CC)cn2cc1CC(=O)c1ccc2c(c1)NC(=O)C2. The van der Waals surface area contributed by atoms with Crippen LogP contribution in [0.1, 0.15) is 41.0 Å². The van der Waals surface area contributed by atoms with Crippen LogP contribution in [0.5, 0.6) is 5.75 Å². The molecule has 0 aliphatic carbocycles. The van der Waals surface area contributed by atoms with Gasteiger partial charge in [0.2, 0.25) is 5.91 Å². The van der Waals surface area contributed by atoms with Gasteiger partial charge in [0.05, 0.1) is 18.7 Å². The van der Waals surface area contributed by atoms with E-state index in [9.17, 15) is 9.59 Å². The minimum Gasteiger partial charge on any atom is -0.493 e. The zero-order valence-electron chi connectivity index (χ0n) is 15.4. The van der Waals surface area contributed by atoms with Crippen LogP contribution in [0.3, 0.4) is 0 Å². The second kappa shape index (κ2) is 6.87. The molecule has 6 heteroatoms. The van der Waals surface area contributed by atoms with Gasteiger partial charge in [-0.2, -0.15) is 0 Å². The van der Waals surface area contributed by atoms with Gasteiger partial charge >= 0.3 is 0 Å². The van der Waals surface area contributed by atoms with Crippen molar-refractivity contribution in [2.24, 2.45) is 0 Å². The molecule has 0 unspecified atom stereocenters. The Kier molecular flexibility index (Phi) is 4.39. The molecule has 1 amide bonds. The van der Waals surface area contributed by atoms with Crippen molar-refractivity contribution in [1.29, 1.82) is 0 Å². The number of hydrogen-bond acceptors (Lipinski definition) is 4. The first kappa shape index (κ1) is 17.3. The third-order valence-electron chi connectivity index (χ3n) is 4.75. The molecule has 6 nitrogen and oxygen atoms in total. The zero-order valence-corrected chi connectivity index (χ0v) is 15.4. The number of anilines is 1. The molecule has 3 heterocycles. The van der Waals surface area contributed by atoms with Crippen molar-refractivity contribution in [2.75, 3.05) is 11.9 Å². The van der Waals surface area contributed by atoms with Crippen LogP contribution in [0.15, 0.2) is 36.7 Å². The van der Waals surface area contributed by atoms with Gasteiger partial charge in [0.25, 0.3) is 0 Å². The van der Waals surface area contributed by atoms with E-state index in [0.29, 0.717) is 24.3 Å². The molecule has 27 heavy (non-hydrogen) atoms. The number of imidazole rings is 1. The summed E-state index contributed by atoms with van der Waals surface area (Å²) in [4.78, 5) is 28.9. The minimum absolute atomic E-state index is 0.0184. The maximum Gasteiger partial charge on any atom is 0.228 e. The quantitative estimate of drug-likeness (QED) is 0.683. The third-order valence-corrected chi connectivity index (χ3v) is 4.75. The normalized spacial score (nSPS) is 12.9. The maximum atomic E-state index is 12.9. The average molecular weight is 363 g/mol. The first-order valence-corrected chi connectivity index (χ1v) is 9.16. The summed E-state index contributed by atoms with van der Waals surface area (Å²) >= 11 is 0. The number of fused-ring (bicyclic) bond motifs is 2. The molecule has 1 aliphatic rings. The topological polar surface area (TPSA) is 72.7 Å². The summed E-state index contributed by atoms with van der Waals surface area (Å²) < 4.78 is 7.69. The second-order valence-corrected chi connectivity index (χ2v) is 6.64. The largest absolute Gasteiger partial charge is 0.493 e. The highest BCUT2D eigenvalue weighted by Crippen LogP contribution is 2.27. The van der Waals surface area contributed by atoms with E-state index in [0.717, 1.165) is 34.6 Å². The summed E-state index contributed by atoms with van der Waals surface area (Å²) in [5.74, 6) is 0.627. The highest BCUT2D eigenvalue weighted by molar-refractivity contribution is 6.03. The molecular formula is C21H21N3O3. The van der Waals surface area contributed by atoms with Crippen molar-refractivity contribution in [1.82, 2.24) is 9.38 Å². The van der Waals surface area contributed by atoms with Crippen LogP contribution in [-0.2, 0) is 24.1 Å². The first-order chi connectivity index (χ1) is 13.1. The molecule has 138 valence electrons. The molecule has 0 saturated carbocycles. The molecule has 1 N–H and O–H groups in total. The summed E-state index contributed by atoms with van der Waals surface area (Å²) in [5.41, 5.74) is 4.87. The number of ketones is 1. The number of amides is 1. The van der Waals surface area contributed by atoms with Gasteiger partial charge in [-0.25, -0.2) is 4.98 Å². The molecule has 1 aliphatic heterocycles. The van der Waals surface area contributed by atoms with E-state index in [1.165, 1.54) is 0 Å². The number of carbonyl (C=O) groups excluding carboxylic acids is 2. The van der Waals surface area contributed by atoms with E-state index in [2.05, 4.69) is 17.2 Å². The molecule has 4 rings (SSSR count). The lowest BCUT2D eigenvalue weighted by molar-refractivity contribution is -0.115. The number of nitrogens with zero attached hydrogens (tertiary/aromatic N) is 2. The Morgan fingerprint density at radius 1 is 1.26 bits per heavy atom. The van der Waals surface area contributed by atoms with Crippen molar-refractivity contribution in [3.8, 4) is 5.75 Å². The van der Waals surface area contributed by atoms with Crippen molar-refractivity contribution < 1.29 is 14.3 Å². The van der Waals surface area contributed by atoms with Gasteiger partial charge in [-0.05, 0) is 25.0 Å². The van der Waals surface area contributed by atoms with E-state index < -0.39 is 0 Å². The van der Waals surface area contributed by atoms with Crippen molar-refractivity contribution in [2.45, 2.75) is 33.1 Å². The molecule has 0 fully saturated rings. The van der Waals surface area contributed by atoms with Crippen LogP contribution >= 0.6 is 0 Å². The predicted octanol–water partition coefficient (Wildman–Crippen LogP) is 3.22. The number of aryl methyl sites for hydroxylation is 1. The number of Topliss-reactive ketones (excluding diaryl/α,β-unsaturated/α-hetero) is 1. The van der Waals surface area contributed by atoms with E-state index in [1.54, 1.807) is 12.1 Å². The minimum atomic E-state index is -0.0366. The fraction of sp³-hybridized carbons (Fsp3) is 0.286. The fourth-order valence-corrected chi connectivity index (χ4v) is 3.37. The van der Waals surface area contributed by atoms with Crippen molar-refractivity contribution >= 4 is 23.0 Å². The molecule has 0 spiro atoms. The van der Waals surface area contributed by atoms with Gasteiger partial charge < -0.3 is 14.5 Å². The number of ether oxygens (including phenoxy) is 1. The monoisotopic (exact) mass is 363 g/mol. The number of hydrogen-bond donors (Lipinski definition) is 1. The Balaban J connectivity index is 1.65. The van der Waals surface area contributed by atoms with Crippen LogP contribution in [-0.4, -0.2) is 27.7 Å². The van der Waals surface area contributed by atoms with E-state index in [1.807, 2.05) is 35.9 Å². The Labute approximate surface area is 157 Å². The average Bonchev–Trinajstić information content (AvgIpc) is 3.22. The van der Waals surface area contributed by atoms with Gasteiger partial charge in [-0.1, -0.05) is 19.1 Å². The number of carbonyl (C=O) groups is 2. The summed E-state index contributed by atoms with van der Waals surface area (Å²) in [6, 6.07) is 7.27. The lowest BCUT2D eigenvalue weighted by atomic mass is 10.0. The Hall–Kier alpha value is -3.15. The number of nitrogens with one attached hydrogen (secondary N) is 1. The Bertz CT molecular complexity index is 1050. The molecule has 2 aromatic heterocycles. The molecule has 0 bridgehead atoms. The van der Waals surface area contributed by atoms with Gasteiger partial charge in [-0.3, -0.25) is 9.59 Å². The lowest BCUT2D eigenvalue weighted by Gasteiger charge is -2.11. The van der Waals surface area contributed by atoms with Crippen LogP contribution in [0, 0.1) is 0 Å². The van der Waals surface area contributed by atoms with E-state index in [-0.39, 0.29) is 18.1 Å². The molecule has 0 atom stereocenters. The van der Waals surface area contributed by atoms with Crippen LogP contribution < -0.4 is 10.1 Å². The number of rotatable bonds is 6. The van der Waals surface area contributed by atoms with Gasteiger partial charge in [0.15, 0.2) is 5.78 Å². The lowest BCUT2D eigenvalue weighted by Crippen LogP contribution is -2.08. The van der Waals surface area contributed by atoms with Gasteiger partial charge in [0, 0.05) is 41.7 Å². The zero-order chi connectivity index (χ0) is 19.0. The summed E-state index contributed by atoms with van der Waals surface area (Å²) in [6.45, 7) is 4.49. The van der Waals surface area contributed by atoms with Gasteiger partial charge in [-0.15, -0.1) is 0 Å². The highest BCUT2D eigenvalue weighted by atomic mass is 16.5. The smallest absolute Gasteiger partial charge is 0.228 e. The molecule has 0 radical (unpaired) electrons.